The summed E-state index contributed by atoms with van der Waals surface area (Å²) in [5.74, 6) is -3.71. The van der Waals surface area contributed by atoms with Crippen LogP contribution in [0.4, 0.5) is 11.4 Å². The van der Waals surface area contributed by atoms with Crippen LogP contribution in [0.2, 0.25) is 0 Å². The van der Waals surface area contributed by atoms with Gasteiger partial charge in [-0.3, -0.25) is 24.5 Å². The van der Waals surface area contributed by atoms with Crippen LogP contribution in [0.1, 0.15) is 54.3 Å². The number of nitrogens with one attached hydrogen (secondary N) is 3. The average molecular weight is 480 g/mol. The summed E-state index contributed by atoms with van der Waals surface area (Å²) in [6, 6.07) is 7.60. The van der Waals surface area contributed by atoms with Crippen LogP contribution < -0.4 is 20.9 Å². The van der Waals surface area contributed by atoms with Crippen molar-refractivity contribution in [1.82, 2.24) is 10.6 Å². The number of hydrogen-bond donors (Lipinski definition) is 4. The third kappa shape index (κ3) is 4.77. The number of rotatable bonds is 8. The second-order valence-corrected chi connectivity index (χ2v) is 8.13. The summed E-state index contributed by atoms with van der Waals surface area (Å²) >= 11 is 0. The molecule has 4 rings (SSSR count). The third-order valence-electron chi connectivity index (χ3n) is 5.87. The van der Waals surface area contributed by atoms with E-state index >= 15 is 0 Å². The minimum absolute atomic E-state index is 0.0364. The molecular weight excluding hydrogens is 456 g/mol. The summed E-state index contributed by atoms with van der Waals surface area (Å²) in [6.07, 6.45) is 1.44. The molecule has 4 N–H and O–H groups in total. The molecule has 11 nitrogen and oxygen atoms in total. The minimum Gasteiger partial charge on any atom is -0.478 e. The summed E-state index contributed by atoms with van der Waals surface area (Å²) in [5, 5.41) is 17.7. The van der Waals surface area contributed by atoms with E-state index in [4.69, 9.17) is 4.74 Å². The number of benzene rings is 2. The molecule has 1 saturated heterocycles. The maximum absolute atomic E-state index is 13.0. The van der Waals surface area contributed by atoms with E-state index in [1.165, 1.54) is 37.4 Å². The summed E-state index contributed by atoms with van der Waals surface area (Å²) in [4.78, 5) is 63.7. The van der Waals surface area contributed by atoms with E-state index in [9.17, 15) is 29.1 Å². The van der Waals surface area contributed by atoms with E-state index in [1.807, 2.05) is 0 Å². The van der Waals surface area contributed by atoms with Gasteiger partial charge in [0.15, 0.2) is 0 Å². The predicted octanol–water partition coefficient (Wildman–Crippen LogP) is 1.25. The Morgan fingerprint density at radius 2 is 1.89 bits per heavy atom. The lowest BCUT2D eigenvalue weighted by Crippen LogP contribution is -2.43. The van der Waals surface area contributed by atoms with Crippen LogP contribution in [0.15, 0.2) is 36.4 Å². The maximum Gasteiger partial charge on any atom is 0.335 e. The monoisotopic (exact) mass is 480 g/mol. The first kappa shape index (κ1) is 24.0. The number of carboxylic acids is 1. The van der Waals surface area contributed by atoms with E-state index in [0.717, 1.165) is 17.4 Å². The van der Waals surface area contributed by atoms with Crippen LogP contribution in [-0.4, -0.2) is 67.6 Å². The van der Waals surface area contributed by atoms with Gasteiger partial charge in [-0.2, -0.15) is 0 Å². The van der Waals surface area contributed by atoms with Gasteiger partial charge in [-0.05, 0) is 55.8 Å². The molecule has 0 aromatic heterocycles. The number of aromatic carboxylic acids is 1. The Balaban J connectivity index is 1.65. The Hall–Kier alpha value is -4.09. The number of nitrogens with zero attached hydrogens (tertiary/aromatic N) is 1. The Morgan fingerprint density at radius 1 is 1.11 bits per heavy atom. The highest BCUT2D eigenvalue weighted by molar-refractivity contribution is 6.35. The summed E-state index contributed by atoms with van der Waals surface area (Å²) in [7, 11) is 1.53. The fourth-order valence-corrected chi connectivity index (χ4v) is 4.08. The molecule has 2 aliphatic rings. The van der Waals surface area contributed by atoms with Gasteiger partial charge in [0.1, 0.15) is 0 Å². The zero-order chi connectivity index (χ0) is 25.1. The number of methoxy groups -OCH3 is 1. The van der Waals surface area contributed by atoms with Crippen molar-refractivity contribution in [1.29, 1.82) is 0 Å². The van der Waals surface area contributed by atoms with E-state index in [-0.39, 0.29) is 27.9 Å². The van der Waals surface area contributed by atoms with Gasteiger partial charge in [0.2, 0.25) is 5.91 Å². The number of amides is 4. The summed E-state index contributed by atoms with van der Waals surface area (Å²) in [6.45, 7) is 1.42. The largest absolute Gasteiger partial charge is 0.478 e. The predicted molar refractivity (Wildman–Crippen MR) is 125 cm³/mol. The van der Waals surface area contributed by atoms with Gasteiger partial charge >= 0.3 is 5.97 Å². The van der Waals surface area contributed by atoms with Gasteiger partial charge in [0.25, 0.3) is 17.7 Å². The van der Waals surface area contributed by atoms with Gasteiger partial charge in [-0.1, -0.05) is 0 Å². The van der Waals surface area contributed by atoms with Gasteiger partial charge in [-0.15, -0.1) is 0 Å². The summed E-state index contributed by atoms with van der Waals surface area (Å²) in [5.41, 5.74) is 0.472. The highest BCUT2D eigenvalue weighted by atomic mass is 16.5. The van der Waals surface area contributed by atoms with Crippen molar-refractivity contribution in [3.05, 3.63) is 58.7 Å². The fourth-order valence-electron chi connectivity index (χ4n) is 4.08. The number of ether oxygens (including phenoxy) is 1. The Kier molecular flexibility index (Phi) is 6.90. The van der Waals surface area contributed by atoms with Crippen LogP contribution in [0.25, 0.3) is 0 Å². The number of fused-ring (bicyclic) bond motifs is 1. The molecule has 2 aromatic carbocycles. The van der Waals surface area contributed by atoms with E-state index in [1.54, 1.807) is 0 Å². The van der Waals surface area contributed by atoms with Crippen molar-refractivity contribution >= 4 is 41.0 Å². The first-order valence-corrected chi connectivity index (χ1v) is 11.0. The van der Waals surface area contributed by atoms with Crippen LogP contribution in [0.5, 0.6) is 0 Å². The molecule has 0 bridgehead atoms. The molecule has 182 valence electrons. The number of carboxylic acid groups (broad SMARTS) is 1. The second kappa shape index (κ2) is 10.0. The molecule has 35 heavy (non-hydrogen) atoms. The normalized spacial score (nSPS) is 16.8. The van der Waals surface area contributed by atoms with Crippen LogP contribution >= 0.6 is 0 Å². The number of imide groups is 2. The minimum atomic E-state index is -1.22. The Morgan fingerprint density at radius 3 is 2.57 bits per heavy atom. The van der Waals surface area contributed by atoms with Crippen molar-refractivity contribution in [2.75, 3.05) is 37.0 Å². The first-order chi connectivity index (χ1) is 16.8. The number of carbonyl (C=O) groups excluding carboxylic acids is 4. The van der Waals surface area contributed by atoms with E-state index in [2.05, 4.69) is 16.0 Å². The molecule has 0 saturated carbocycles. The quantitative estimate of drug-likeness (QED) is 0.323. The number of anilines is 2. The molecule has 4 amide bonds. The highest BCUT2D eigenvalue weighted by Crippen LogP contribution is 2.31. The first-order valence-electron chi connectivity index (χ1n) is 11.0. The average Bonchev–Trinajstić information content (AvgIpc) is 3.47. The fraction of sp³-hybridized carbons (Fsp3) is 0.292. The highest BCUT2D eigenvalue weighted by Gasteiger charge is 2.38. The van der Waals surface area contributed by atoms with Gasteiger partial charge in [0.05, 0.1) is 40.6 Å². The van der Waals surface area contributed by atoms with Gasteiger partial charge < -0.3 is 20.5 Å². The van der Waals surface area contributed by atoms with Gasteiger partial charge in [0, 0.05) is 19.3 Å². The number of carbonyl (C=O) groups is 5. The van der Waals surface area contributed by atoms with E-state index in [0.29, 0.717) is 31.8 Å². The zero-order valence-electron chi connectivity index (χ0n) is 18.9. The standard InChI is InChI=1S/C24H24N4O7/c1-35-10-9-26-18-7-5-14(12-17(18)20(29)27-21(30)19-3-2-8-25-19)28-22(31)15-6-4-13(24(33)34)11-16(15)23(28)32/h4-7,11-12,19,25-26H,2-3,8-10H2,1H3,(H,33,34)(H,27,29,30)/t19-/m0/s1. The van der Waals surface area contributed by atoms with Crippen LogP contribution in [0, 0.1) is 0 Å². The molecular formula is C24H24N4O7. The molecule has 0 unspecified atom stereocenters. The third-order valence-corrected chi connectivity index (χ3v) is 5.87. The molecule has 1 fully saturated rings. The summed E-state index contributed by atoms with van der Waals surface area (Å²) < 4.78 is 5.03. The van der Waals surface area contributed by atoms with Crippen molar-refractivity contribution in [3.63, 3.8) is 0 Å². The number of hydrogen-bond acceptors (Lipinski definition) is 8. The molecule has 2 aliphatic heterocycles. The lowest BCUT2D eigenvalue weighted by molar-refractivity contribution is -0.121. The van der Waals surface area contributed by atoms with Crippen molar-refractivity contribution < 1.29 is 33.8 Å². The molecule has 2 heterocycles. The second-order valence-electron chi connectivity index (χ2n) is 8.13. The van der Waals surface area contributed by atoms with Crippen LogP contribution in [-0.2, 0) is 9.53 Å². The zero-order valence-corrected chi connectivity index (χ0v) is 18.9. The lowest BCUT2D eigenvalue weighted by atomic mass is 10.1. The van der Waals surface area contributed by atoms with Crippen molar-refractivity contribution in [2.24, 2.45) is 0 Å². The van der Waals surface area contributed by atoms with Crippen LogP contribution in [0.3, 0.4) is 0 Å². The smallest absolute Gasteiger partial charge is 0.335 e. The Labute approximate surface area is 200 Å². The van der Waals surface area contributed by atoms with Crippen molar-refractivity contribution in [2.45, 2.75) is 18.9 Å². The van der Waals surface area contributed by atoms with Crippen molar-refractivity contribution in [3.8, 4) is 0 Å². The van der Waals surface area contributed by atoms with Gasteiger partial charge in [-0.25, -0.2) is 9.69 Å². The maximum atomic E-state index is 13.0. The molecule has 11 heteroatoms. The molecule has 1 atom stereocenters. The topological polar surface area (TPSA) is 154 Å². The molecule has 0 radical (unpaired) electrons. The van der Waals surface area contributed by atoms with E-state index < -0.39 is 35.6 Å². The molecule has 0 spiro atoms. The lowest BCUT2D eigenvalue weighted by Gasteiger charge is -2.18. The molecule has 0 aliphatic carbocycles. The molecule has 2 aromatic rings. The Bertz CT molecular complexity index is 1220. The SMILES string of the molecule is COCCNc1ccc(N2C(=O)c3ccc(C(=O)O)cc3C2=O)cc1C(=O)NC(=O)[C@@H]1CCCN1.